The molecule has 0 bridgehead atoms. The van der Waals surface area contributed by atoms with Crippen LogP contribution in [-0.4, -0.2) is 26.7 Å². The van der Waals surface area contributed by atoms with Crippen molar-refractivity contribution in [3.05, 3.63) is 53.2 Å². The molecule has 0 saturated heterocycles. The summed E-state index contributed by atoms with van der Waals surface area (Å²) in [5.74, 6) is 0. The first-order valence-electron chi connectivity index (χ1n) is 3.88. The van der Waals surface area contributed by atoms with Crippen molar-refractivity contribution in [2.24, 2.45) is 0 Å². The summed E-state index contributed by atoms with van der Waals surface area (Å²) in [4.78, 5) is 0. The van der Waals surface area contributed by atoms with Crippen LogP contribution in [0, 0.1) is 53.2 Å². The first kappa shape index (κ1) is 75.1. The molecule has 12 heteroatoms. The topological polar surface area (TPSA) is 159 Å². The van der Waals surface area contributed by atoms with Crippen molar-refractivity contribution in [2.45, 2.75) is 0 Å². The molecule has 0 N–H and O–H groups in total. The van der Waals surface area contributed by atoms with E-state index in [1.807, 2.05) is 0 Å². The van der Waals surface area contributed by atoms with Crippen molar-refractivity contribution in [2.75, 3.05) is 26.7 Å². The van der Waals surface area contributed by atoms with Crippen LogP contribution in [0.3, 0.4) is 0 Å². The fourth-order valence-electron chi connectivity index (χ4n) is 0. The molecule has 24 heavy (non-hydrogen) atoms. The van der Waals surface area contributed by atoms with Gasteiger partial charge in [0.05, 0.1) is 26.7 Å². The Labute approximate surface area is 170 Å². The van der Waals surface area contributed by atoms with Gasteiger partial charge in [-0.3, -0.25) is 0 Å². The first-order chi connectivity index (χ1) is 10.6. The van der Waals surface area contributed by atoms with E-state index in [4.69, 9.17) is 37.2 Å². The Bertz CT molecular complexity index is 215. The molecule has 0 unspecified atom stereocenters. The molecule has 8 nitrogen and oxygen atoms in total. The van der Waals surface area contributed by atoms with Gasteiger partial charge in [-0.1, -0.05) is 0 Å². The monoisotopic (exact) mass is 498 g/mol. The summed E-state index contributed by atoms with van der Waals surface area (Å²) in [7, 11) is 0.300. The predicted octanol–water partition coefficient (Wildman–Crippen LogP) is 1.54. The van der Waals surface area contributed by atoms with E-state index in [-0.39, 0.29) is 53.6 Å². The zero-order chi connectivity index (χ0) is 21.2. The minimum Gasteiger partial charge on any atom is 0 e. The van der Waals surface area contributed by atoms with E-state index in [2.05, 4.69) is 79.9 Å². The fourth-order valence-corrected chi connectivity index (χ4v) is 0. The minimum atomic E-state index is 0. The van der Waals surface area contributed by atoms with Crippen LogP contribution in [0.15, 0.2) is 0 Å². The second-order valence-electron chi connectivity index (χ2n) is 2.00. The molecule has 0 aromatic carbocycles. The predicted molar refractivity (Wildman–Crippen MR) is 71.8 cm³/mol. The van der Waals surface area contributed by atoms with E-state index < -0.39 is 0 Å². The zero-order valence-electron chi connectivity index (χ0n) is 13.1. The summed E-state index contributed by atoms with van der Waals surface area (Å²) in [5.41, 5.74) is 0. The molecule has 0 amide bonds. The van der Waals surface area contributed by atoms with E-state index in [9.17, 15) is 0 Å². The van der Waals surface area contributed by atoms with Gasteiger partial charge in [0.2, 0.25) is 0 Å². The summed E-state index contributed by atoms with van der Waals surface area (Å²) in [5, 5.41) is 0. The largest absolute Gasteiger partial charge is 0 e. The molecule has 0 radical (unpaired) electrons. The van der Waals surface area contributed by atoms with Crippen molar-refractivity contribution in [3.63, 3.8) is 0 Å². The molecule has 0 aromatic heterocycles. The Morgan fingerprint density at radius 3 is 0.417 bits per heavy atom. The van der Waals surface area contributed by atoms with Crippen LogP contribution in [-0.2, 0) is 75.6 Å². The van der Waals surface area contributed by atoms with Crippen LogP contribution in [0.25, 0.3) is 0 Å². The molecule has 0 saturated carbocycles. The molecular weight excluding hydrogens is 482 g/mol. The average molecular weight is 496 g/mol. The van der Waals surface area contributed by atoms with Crippen LogP contribution < -0.4 is 0 Å². The van der Waals surface area contributed by atoms with Gasteiger partial charge in [-0.2, -0.15) is 0 Å². The van der Waals surface area contributed by atoms with Gasteiger partial charge in [0.1, 0.15) is 15.2 Å². The molecular formula is C12H14CrMoO8P2+2. The van der Waals surface area contributed by atoms with Gasteiger partial charge in [0.25, 0.3) is 0 Å². The maximum absolute atomic E-state index is 7.50. The molecule has 0 heterocycles. The molecule has 0 aromatic rings. The fraction of sp³-hybridized carbons (Fsp3) is 0.333. The summed E-state index contributed by atoms with van der Waals surface area (Å²) >= 11 is 0. The van der Waals surface area contributed by atoms with Gasteiger partial charge in [-0.05, 0) is 0 Å². The molecule has 0 rings (SSSR count). The summed E-state index contributed by atoms with van der Waals surface area (Å²) in [6.07, 6.45) is 0. The van der Waals surface area contributed by atoms with Crippen LogP contribution in [0.2, 0.25) is 0 Å². The Hall–Kier alpha value is 0.000779. The van der Waals surface area contributed by atoms with Gasteiger partial charge < -0.3 is 0 Å². The minimum absolute atomic E-state index is 0. The first-order valence-corrected chi connectivity index (χ1v) is 9.88. The number of hydrogen-bond donors (Lipinski definition) is 0. The maximum atomic E-state index is 7.50. The van der Waals surface area contributed by atoms with E-state index >= 15 is 0 Å². The second-order valence-corrected chi connectivity index (χ2v) is 12.0. The van der Waals surface area contributed by atoms with Crippen LogP contribution in [0.4, 0.5) is 0 Å². The average Bonchev–Trinajstić information content (AvgIpc) is 2.68. The van der Waals surface area contributed by atoms with Gasteiger partial charge in [-0.15, -0.1) is 0 Å². The van der Waals surface area contributed by atoms with E-state index in [1.54, 1.807) is 0 Å². The molecule has 130 valence electrons. The second kappa shape index (κ2) is 309. The molecule has 0 aliphatic heterocycles. The SMILES string of the molecule is C[PH+](C)[PH+](C)C.[C-]#[O+].[C-]#[O+].[C-]#[O+].[C-]#[O+].[C-]#[O+].[C-]#[O+].[C-]#[O+].[C-]#[O+].[Cr].[Mo]. The van der Waals surface area contributed by atoms with Gasteiger partial charge in [-0.25, -0.2) is 0 Å². The van der Waals surface area contributed by atoms with Crippen molar-refractivity contribution >= 4 is 15.2 Å². The molecule has 0 spiro atoms. The van der Waals surface area contributed by atoms with Crippen LogP contribution in [0.5, 0.6) is 0 Å². The third kappa shape index (κ3) is 606. The van der Waals surface area contributed by atoms with E-state index in [1.165, 1.54) is 0 Å². The van der Waals surface area contributed by atoms with Crippen LogP contribution >= 0.6 is 15.2 Å². The van der Waals surface area contributed by atoms with Crippen molar-refractivity contribution < 1.29 is 75.6 Å². The van der Waals surface area contributed by atoms with Gasteiger partial charge >= 0.3 is 90.4 Å². The molecule has 0 aliphatic rings. The van der Waals surface area contributed by atoms with Crippen molar-refractivity contribution in [3.8, 4) is 0 Å². The van der Waals surface area contributed by atoms with E-state index in [0.29, 0.717) is 0 Å². The summed E-state index contributed by atoms with van der Waals surface area (Å²) in [6, 6.07) is 0. The van der Waals surface area contributed by atoms with Crippen molar-refractivity contribution in [1.82, 2.24) is 0 Å². The summed E-state index contributed by atoms with van der Waals surface area (Å²) < 4.78 is 60.0. The maximum Gasteiger partial charge on any atom is 0 e. The number of rotatable bonds is 1. The standard InChI is InChI=1S/C4H14P2.8CO.Cr.Mo/c1-5(2)6(3)4;8*1-2;;/h5-6H,1-4H3;;;;;;;;;;/q+2;;;;;;;;;;. The Morgan fingerprint density at radius 1 is 0.375 bits per heavy atom. The third-order valence-electron chi connectivity index (χ3n) is 1.00. The zero-order valence-corrected chi connectivity index (χ0v) is 18.4. The molecule has 0 atom stereocenters. The molecule has 0 aliphatic carbocycles. The van der Waals surface area contributed by atoms with E-state index in [0.717, 1.165) is 0 Å². The third-order valence-corrected chi connectivity index (χ3v) is 9.00. The Morgan fingerprint density at radius 2 is 0.417 bits per heavy atom. The number of hydrogen-bond acceptors (Lipinski definition) is 0. The van der Waals surface area contributed by atoms with Crippen LogP contribution in [0.1, 0.15) is 0 Å². The Kier molecular flexibility index (Phi) is 968. The normalized spacial score (nSPS) is 3.42. The molecule has 0 fully saturated rings. The smallest absolute Gasteiger partial charge is 0 e. The quantitative estimate of drug-likeness (QED) is 0.223. The van der Waals surface area contributed by atoms with Gasteiger partial charge in [0.15, 0.2) is 0 Å². The summed E-state index contributed by atoms with van der Waals surface area (Å²) in [6.45, 7) is 45.6. The Balaban J connectivity index is -0.00000000926. The van der Waals surface area contributed by atoms with Gasteiger partial charge in [0, 0.05) is 38.4 Å². The van der Waals surface area contributed by atoms with Crippen molar-refractivity contribution in [1.29, 1.82) is 0 Å².